The van der Waals surface area contributed by atoms with Crippen LogP contribution in [0.25, 0.3) is 10.8 Å². The van der Waals surface area contributed by atoms with Crippen LogP contribution in [0.5, 0.6) is 0 Å². The van der Waals surface area contributed by atoms with E-state index in [0.29, 0.717) is 13.0 Å². The Morgan fingerprint density at radius 3 is 2.86 bits per heavy atom. The summed E-state index contributed by atoms with van der Waals surface area (Å²) in [5.74, 6) is -0.781. The number of fused-ring (bicyclic) bond motifs is 1. The first kappa shape index (κ1) is 13.8. The number of carbonyl (C=O) groups is 2. The fraction of sp³-hybridized carbons (Fsp3) is 0.267. The zero-order valence-corrected chi connectivity index (χ0v) is 12.0. The monoisotopic (exact) mass is 303 g/mol. The van der Waals surface area contributed by atoms with Crippen molar-refractivity contribution in [2.24, 2.45) is 5.73 Å². The average molecular weight is 304 g/mol. The molecule has 0 radical (unpaired) electrons. The number of primary amides is 1. The Morgan fingerprint density at radius 1 is 1.33 bits per heavy atom. The van der Waals surface area contributed by atoms with Gasteiger partial charge in [-0.2, -0.15) is 0 Å². The van der Waals surface area contributed by atoms with Gasteiger partial charge in [0, 0.05) is 11.9 Å². The molecule has 6 heteroatoms. The lowest BCUT2D eigenvalue weighted by Crippen LogP contribution is -2.43. The second kappa shape index (κ2) is 5.33. The molecule has 3 rings (SSSR count). The summed E-state index contributed by atoms with van der Waals surface area (Å²) in [5.41, 5.74) is 5.59. The van der Waals surface area contributed by atoms with E-state index in [1.54, 1.807) is 6.07 Å². The van der Waals surface area contributed by atoms with Gasteiger partial charge in [-0.3, -0.25) is 9.59 Å². The molecule has 0 aliphatic carbocycles. The second-order valence-electron chi connectivity index (χ2n) is 5.08. The summed E-state index contributed by atoms with van der Waals surface area (Å²) in [6.45, 7) is 0.512. The quantitative estimate of drug-likeness (QED) is 0.862. The summed E-state index contributed by atoms with van der Waals surface area (Å²) in [5, 5.41) is 1.92. The van der Waals surface area contributed by atoms with Crippen molar-refractivity contribution in [1.29, 1.82) is 0 Å². The minimum Gasteiger partial charge on any atom is -0.368 e. The lowest BCUT2D eigenvalue weighted by molar-refractivity contribution is -0.121. The molecule has 1 fully saturated rings. The molecule has 0 saturated carbocycles. The zero-order chi connectivity index (χ0) is 15.0. The van der Waals surface area contributed by atoms with E-state index in [-0.39, 0.29) is 16.8 Å². The molecule has 1 aromatic heterocycles. The van der Waals surface area contributed by atoms with E-state index in [4.69, 9.17) is 17.3 Å². The molecule has 21 heavy (non-hydrogen) atoms. The molecule has 108 valence electrons. The molecule has 2 amide bonds. The average Bonchev–Trinajstić information content (AvgIpc) is 2.96. The van der Waals surface area contributed by atoms with E-state index in [0.717, 1.165) is 17.2 Å². The molecule has 5 nitrogen and oxygen atoms in total. The molecule has 1 atom stereocenters. The fourth-order valence-corrected chi connectivity index (χ4v) is 2.98. The van der Waals surface area contributed by atoms with Crippen LogP contribution in [0.3, 0.4) is 0 Å². The van der Waals surface area contributed by atoms with Crippen molar-refractivity contribution in [3.8, 4) is 0 Å². The predicted molar refractivity (Wildman–Crippen MR) is 80.0 cm³/mol. The van der Waals surface area contributed by atoms with Crippen molar-refractivity contribution in [3.63, 3.8) is 0 Å². The molecular formula is C15H14ClN3O2. The maximum Gasteiger partial charge on any atom is 0.273 e. The minimum atomic E-state index is -0.551. The van der Waals surface area contributed by atoms with Crippen LogP contribution in [-0.2, 0) is 4.79 Å². The lowest BCUT2D eigenvalue weighted by Gasteiger charge is -2.21. The molecule has 2 N–H and O–H groups in total. The molecule has 1 aliphatic rings. The largest absolute Gasteiger partial charge is 0.368 e. The molecule has 0 bridgehead atoms. The van der Waals surface area contributed by atoms with E-state index >= 15 is 0 Å². The van der Waals surface area contributed by atoms with E-state index in [1.807, 2.05) is 24.3 Å². The summed E-state index contributed by atoms with van der Waals surface area (Å²) in [6, 6.07) is 8.59. The summed E-state index contributed by atoms with van der Waals surface area (Å²) >= 11 is 6.14. The molecule has 1 saturated heterocycles. The molecule has 1 unspecified atom stereocenters. The van der Waals surface area contributed by atoms with Gasteiger partial charge in [0.15, 0.2) is 0 Å². The van der Waals surface area contributed by atoms with Crippen LogP contribution in [0.1, 0.15) is 23.3 Å². The van der Waals surface area contributed by atoms with Crippen LogP contribution in [0.15, 0.2) is 30.3 Å². The number of hydrogen-bond donors (Lipinski definition) is 1. The first-order valence-electron chi connectivity index (χ1n) is 6.73. The standard InChI is InChI=1S/C15H14ClN3O2/c16-13-10-5-2-1-4-9(10)8-11(18-13)15(21)19-7-3-6-12(19)14(17)20/h1-2,4-5,8,12H,3,6-7H2,(H2,17,20). The van der Waals surface area contributed by atoms with E-state index in [9.17, 15) is 9.59 Å². The maximum absolute atomic E-state index is 12.6. The number of halogens is 1. The molecule has 2 heterocycles. The Kier molecular flexibility index (Phi) is 3.51. The fourth-order valence-electron chi connectivity index (χ4n) is 2.72. The Hall–Kier alpha value is -2.14. The van der Waals surface area contributed by atoms with Gasteiger partial charge in [0.2, 0.25) is 5.91 Å². The summed E-state index contributed by atoms with van der Waals surface area (Å²) in [4.78, 5) is 29.6. The van der Waals surface area contributed by atoms with Crippen molar-refractivity contribution in [2.45, 2.75) is 18.9 Å². The van der Waals surface area contributed by atoms with Gasteiger partial charge >= 0.3 is 0 Å². The highest BCUT2D eigenvalue weighted by atomic mass is 35.5. The van der Waals surface area contributed by atoms with Crippen LogP contribution < -0.4 is 5.73 Å². The molecule has 1 aliphatic heterocycles. The number of rotatable bonds is 2. The number of amides is 2. The highest BCUT2D eigenvalue weighted by Crippen LogP contribution is 2.25. The van der Waals surface area contributed by atoms with Crippen LogP contribution in [0.4, 0.5) is 0 Å². The van der Waals surface area contributed by atoms with Gasteiger partial charge in [0.05, 0.1) is 0 Å². The smallest absolute Gasteiger partial charge is 0.273 e. The molecule has 0 spiro atoms. The summed E-state index contributed by atoms with van der Waals surface area (Å²) < 4.78 is 0. The van der Waals surface area contributed by atoms with Crippen LogP contribution in [0, 0.1) is 0 Å². The number of nitrogens with two attached hydrogens (primary N) is 1. The number of likely N-dealkylation sites (tertiary alicyclic amines) is 1. The third-order valence-corrected chi connectivity index (χ3v) is 4.04. The van der Waals surface area contributed by atoms with Crippen LogP contribution in [0.2, 0.25) is 5.15 Å². The summed E-state index contributed by atoms with van der Waals surface area (Å²) in [6.07, 6.45) is 1.36. The SMILES string of the molecule is NC(=O)C1CCCN1C(=O)c1cc2ccccc2c(Cl)n1. The van der Waals surface area contributed by atoms with Gasteiger partial charge in [-0.15, -0.1) is 0 Å². The van der Waals surface area contributed by atoms with Gasteiger partial charge in [-0.25, -0.2) is 4.98 Å². The van der Waals surface area contributed by atoms with Crippen LogP contribution >= 0.6 is 11.6 Å². The number of hydrogen-bond acceptors (Lipinski definition) is 3. The first-order valence-corrected chi connectivity index (χ1v) is 7.11. The van der Waals surface area contributed by atoms with Crippen LogP contribution in [-0.4, -0.2) is 34.3 Å². The van der Waals surface area contributed by atoms with Crippen molar-refractivity contribution in [2.75, 3.05) is 6.54 Å². The third-order valence-electron chi connectivity index (χ3n) is 3.76. The third kappa shape index (κ3) is 2.45. The van der Waals surface area contributed by atoms with Gasteiger partial charge < -0.3 is 10.6 Å². The van der Waals surface area contributed by atoms with Gasteiger partial charge in [0.1, 0.15) is 16.9 Å². The number of nitrogens with zero attached hydrogens (tertiary/aromatic N) is 2. The van der Waals surface area contributed by atoms with E-state index in [1.165, 1.54) is 4.90 Å². The minimum absolute atomic E-state index is 0.242. The Morgan fingerprint density at radius 2 is 2.10 bits per heavy atom. The Bertz CT molecular complexity index is 732. The second-order valence-corrected chi connectivity index (χ2v) is 5.44. The molecular weight excluding hydrogens is 290 g/mol. The Labute approximate surface area is 126 Å². The van der Waals surface area contributed by atoms with Gasteiger partial charge in [-0.05, 0) is 24.3 Å². The zero-order valence-electron chi connectivity index (χ0n) is 11.3. The van der Waals surface area contributed by atoms with Crippen molar-refractivity contribution in [1.82, 2.24) is 9.88 Å². The number of carbonyl (C=O) groups excluding carboxylic acids is 2. The number of aromatic nitrogens is 1. The molecule has 1 aromatic carbocycles. The van der Waals surface area contributed by atoms with Gasteiger partial charge in [-0.1, -0.05) is 35.9 Å². The topological polar surface area (TPSA) is 76.3 Å². The van der Waals surface area contributed by atoms with Crippen molar-refractivity contribution < 1.29 is 9.59 Å². The highest BCUT2D eigenvalue weighted by Gasteiger charge is 2.33. The van der Waals surface area contributed by atoms with Crippen molar-refractivity contribution in [3.05, 3.63) is 41.2 Å². The van der Waals surface area contributed by atoms with Crippen molar-refractivity contribution >= 4 is 34.2 Å². The van der Waals surface area contributed by atoms with E-state index < -0.39 is 11.9 Å². The number of pyridine rings is 1. The van der Waals surface area contributed by atoms with E-state index in [2.05, 4.69) is 4.98 Å². The maximum atomic E-state index is 12.6. The van der Waals surface area contributed by atoms with Gasteiger partial charge in [0.25, 0.3) is 5.91 Å². The predicted octanol–water partition coefficient (Wildman–Crippen LogP) is 1.98. The highest BCUT2D eigenvalue weighted by molar-refractivity contribution is 6.34. The Balaban J connectivity index is 2.00. The number of benzene rings is 1. The lowest BCUT2D eigenvalue weighted by atomic mass is 10.1. The molecule has 2 aromatic rings. The normalized spacial score (nSPS) is 18.1. The first-order chi connectivity index (χ1) is 10.1. The summed E-state index contributed by atoms with van der Waals surface area (Å²) in [7, 11) is 0.